The Balaban J connectivity index is 2.02. The van der Waals surface area contributed by atoms with Gasteiger partial charge in [-0.2, -0.15) is 4.98 Å². The van der Waals surface area contributed by atoms with Crippen molar-refractivity contribution in [3.05, 3.63) is 23.6 Å². The molecule has 0 aliphatic heterocycles. The summed E-state index contributed by atoms with van der Waals surface area (Å²) in [6, 6.07) is 0. The van der Waals surface area contributed by atoms with Gasteiger partial charge in [0.25, 0.3) is 0 Å². The van der Waals surface area contributed by atoms with Crippen LogP contribution in [-0.2, 0) is 12.8 Å². The first kappa shape index (κ1) is 15.2. The first-order chi connectivity index (χ1) is 10.2. The number of hydrogen-bond acceptors (Lipinski definition) is 7. The van der Waals surface area contributed by atoms with Crippen LogP contribution in [0.4, 0.5) is 11.6 Å². The number of anilines is 2. The van der Waals surface area contributed by atoms with Crippen molar-refractivity contribution >= 4 is 11.6 Å². The molecule has 0 aliphatic rings. The van der Waals surface area contributed by atoms with E-state index in [0.29, 0.717) is 24.7 Å². The second-order valence-corrected chi connectivity index (χ2v) is 4.74. The Labute approximate surface area is 124 Å². The number of aromatic nitrogens is 4. The summed E-state index contributed by atoms with van der Waals surface area (Å²) in [5, 5.41) is 10.4. The maximum atomic E-state index is 5.10. The van der Waals surface area contributed by atoms with Crippen molar-refractivity contribution in [2.75, 3.05) is 23.7 Å². The molecular weight excluding hydrogens is 268 g/mol. The van der Waals surface area contributed by atoms with Crippen molar-refractivity contribution in [2.24, 2.45) is 0 Å². The Morgan fingerprint density at radius 2 is 1.86 bits per heavy atom. The van der Waals surface area contributed by atoms with Gasteiger partial charge in [-0.15, -0.1) is 0 Å². The van der Waals surface area contributed by atoms with Gasteiger partial charge in [0.2, 0.25) is 5.89 Å². The lowest BCUT2D eigenvalue weighted by Gasteiger charge is -2.14. The molecule has 21 heavy (non-hydrogen) atoms. The number of nitrogens with one attached hydrogen (secondary N) is 2. The number of nitrogens with zero attached hydrogens (tertiary/aromatic N) is 4. The fourth-order valence-electron chi connectivity index (χ4n) is 2.10. The molecule has 2 aromatic heterocycles. The van der Waals surface area contributed by atoms with Gasteiger partial charge >= 0.3 is 0 Å². The summed E-state index contributed by atoms with van der Waals surface area (Å²) < 4.78 is 5.10. The maximum Gasteiger partial charge on any atom is 0.228 e. The van der Waals surface area contributed by atoms with Crippen LogP contribution in [0.1, 0.15) is 37.5 Å². The highest BCUT2D eigenvalue weighted by atomic mass is 16.5. The molecule has 0 spiro atoms. The van der Waals surface area contributed by atoms with Crippen molar-refractivity contribution in [1.29, 1.82) is 0 Å². The van der Waals surface area contributed by atoms with Gasteiger partial charge in [0.05, 0.1) is 0 Å². The molecule has 2 rings (SSSR count). The zero-order chi connectivity index (χ0) is 15.1. The summed E-state index contributed by atoms with van der Waals surface area (Å²) in [4.78, 5) is 12.8. The van der Waals surface area contributed by atoms with Crippen molar-refractivity contribution in [2.45, 2.75) is 40.0 Å². The van der Waals surface area contributed by atoms with E-state index >= 15 is 0 Å². The summed E-state index contributed by atoms with van der Waals surface area (Å²) in [5.74, 6) is 3.08. The second-order valence-electron chi connectivity index (χ2n) is 4.74. The summed E-state index contributed by atoms with van der Waals surface area (Å²) in [6.45, 7) is 7.55. The average Bonchev–Trinajstić information content (AvgIpc) is 2.88. The minimum atomic E-state index is 0.637. The van der Waals surface area contributed by atoms with Gasteiger partial charge < -0.3 is 15.2 Å². The molecule has 114 valence electrons. The summed E-state index contributed by atoms with van der Waals surface area (Å²) in [6.07, 6.45) is 4.23. The minimum Gasteiger partial charge on any atom is -0.370 e. The highest BCUT2D eigenvalue weighted by Gasteiger charge is 2.10. The molecule has 0 bridgehead atoms. The fraction of sp³-hybridized carbons (Fsp3) is 0.571. The third-order valence-corrected chi connectivity index (χ3v) is 2.99. The van der Waals surface area contributed by atoms with Crippen LogP contribution in [0.5, 0.6) is 0 Å². The molecule has 0 radical (unpaired) electrons. The van der Waals surface area contributed by atoms with Crippen molar-refractivity contribution < 1.29 is 4.52 Å². The standard InChI is InChI=1S/C14H22N6O/c1-4-6-11-13(15-5-2)17-9-18-14(11)16-8-7-12-19-10(3)20-21-12/h9H,4-8H2,1-3H3,(H2,15,16,17,18). The van der Waals surface area contributed by atoms with Gasteiger partial charge in [0.15, 0.2) is 5.82 Å². The lowest BCUT2D eigenvalue weighted by atomic mass is 10.1. The van der Waals surface area contributed by atoms with Crippen molar-refractivity contribution in [1.82, 2.24) is 20.1 Å². The first-order valence-corrected chi connectivity index (χ1v) is 7.35. The molecule has 7 nitrogen and oxygen atoms in total. The Kier molecular flexibility index (Phi) is 5.48. The van der Waals surface area contributed by atoms with E-state index in [1.54, 1.807) is 6.33 Å². The SMILES string of the molecule is CCCc1c(NCC)ncnc1NCCc1nc(C)no1. The van der Waals surface area contributed by atoms with Crippen LogP contribution in [0, 0.1) is 6.92 Å². The third kappa shape index (κ3) is 4.14. The molecule has 7 heteroatoms. The predicted octanol–water partition coefficient (Wildman–Crippen LogP) is 2.21. The average molecular weight is 290 g/mol. The molecule has 2 N–H and O–H groups in total. The lowest BCUT2D eigenvalue weighted by molar-refractivity contribution is 0.377. The van der Waals surface area contributed by atoms with E-state index in [0.717, 1.165) is 36.6 Å². The van der Waals surface area contributed by atoms with E-state index < -0.39 is 0 Å². The molecule has 0 fully saturated rings. The summed E-state index contributed by atoms with van der Waals surface area (Å²) in [5.41, 5.74) is 1.13. The molecule has 0 saturated heterocycles. The van der Waals surface area contributed by atoms with E-state index in [1.165, 1.54) is 0 Å². The van der Waals surface area contributed by atoms with Crippen LogP contribution in [0.2, 0.25) is 0 Å². The van der Waals surface area contributed by atoms with E-state index in [4.69, 9.17) is 4.52 Å². The lowest BCUT2D eigenvalue weighted by Crippen LogP contribution is -2.12. The maximum absolute atomic E-state index is 5.10. The topological polar surface area (TPSA) is 88.8 Å². The molecule has 0 aromatic carbocycles. The Morgan fingerprint density at radius 3 is 2.48 bits per heavy atom. The minimum absolute atomic E-state index is 0.637. The molecule has 0 atom stereocenters. The van der Waals surface area contributed by atoms with E-state index in [1.807, 2.05) is 6.92 Å². The largest absolute Gasteiger partial charge is 0.370 e. The highest BCUT2D eigenvalue weighted by molar-refractivity contribution is 5.57. The van der Waals surface area contributed by atoms with Gasteiger partial charge in [0, 0.05) is 25.1 Å². The molecule has 0 aliphatic carbocycles. The van der Waals surface area contributed by atoms with Gasteiger partial charge in [-0.05, 0) is 20.3 Å². The van der Waals surface area contributed by atoms with Gasteiger partial charge in [-0.3, -0.25) is 0 Å². The van der Waals surface area contributed by atoms with E-state index in [2.05, 4.69) is 44.6 Å². The number of rotatable bonds is 8. The van der Waals surface area contributed by atoms with Gasteiger partial charge in [-0.25, -0.2) is 9.97 Å². The zero-order valence-corrected chi connectivity index (χ0v) is 12.8. The van der Waals surface area contributed by atoms with E-state index in [-0.39, 0.29) is 0 Å². The van der Waals surface area contributed by atoms with Crippen LogP contribution < -0.4 is 10.6 Å². The normalized spacial score (nSPS) is 10.6. The van der Waals surface area contributed by atoms with Crippen molar-refractivity contribution in [3.8, 4) is 0 Å². The van der Waals surface area contributed by atoms with Crippen LogP contribution in [0.15, 0.2) is 10.9 Å². The first-order valence-electron chi connectivity index (χ1n) is 7.35. The molecular formula is C14H22N6O. The van der Waals surface area contributed by atoms with Crippen LogP contribution in [0.25, 0.3) is 0 Å². The summed E-state index contributed by atoms with van der Waals surface area (Å²) >= 11 is 0. The Bertz CT molecular complexity index is 568. The smallest absolute Gasteiger partial charge is 0.228 e. The van der Waals surface area contributed by atoms with Crippen LogP contribution in [-0.4, -0.2) is 33.2 Å². The zero-order valence-electron chi connectivity index (χ0n) is 12.8. The van der Waals surface area contributed by atoms with Crippen LogP contribution in [0.3, 0.4) is 0 Å². The van der Waals surface area contributed by atoms with Gasteiger partial charge in [-0.1, -0.05) is 18.5 Å². The van der Waals surface area contributed by atoms with E-state index in [9.17, 15) is 0 Å². The third-order valence-electron chi connectivity index (χ3n) is 2.99. The molecule has 0 saturated carbocycles. The Morgan fingerprint density at radius 1 is 1.10 bits per heavy atom. The molecule has 0 amide bonds. The quantitative estimate of drug-likeness (QED) is 0.770. The molecule has 2 heterocycles. The van der Waals surface area contributed by atoms with Gasteiger partial charge in [0.1, 0.15) is 18.0 Å². The van der Waals surface area contributed by atoms with Crippen LogP contribution >= 0.6 is 0 Å². The number of aryl methyl sites for hydroxylation is 1. The monoisotopic (exact) mass is 290 g/mol. The predicted molar refractivity (Wildman–Crippen MR) is 81.4 cm³/mol. The van der Waals surface area contributed by atoms with Crippen molar-refractivity contribution in [3.63, 3.8) is 0 Å². The fourth-order valence-corrected chi connectivity index (χ4v) is 2.10. The Hall–Kier alpha value is -2.18. The molecule has 2 aromatic rings. The number of hydrogen-bond donors (Lipinski definition) is 2. The molecule has 0 unspecified atom stereocenters. The summed E-state index contributed by atoms with van der Waals surface area (Å²) in [7, 11) is 0. The second kappa shape index (κ2) is 7.56. The highest BCUT2D eigenvalue weighted by Crippen LogP contribution is 2.21.